The lowest BCUT2D eigenvalue weighted by atomic mass is 9.78. The normalized spacial score (nSPS) is 16.0. The van der Waals surface area contributed by atoms with Gasteiger partial charge in [0.15, 0.2) is 6.10 Å². The topological polar surface area (TPSA) is 193 Å². The number of likely N-dealkylation sites (N-methyl/N-ethyl adjacent to an activating group) is 1. The Hall–Kier alpha value is -4.19. The number of amides is 3. The predicted molar refractivity (Wildman–Crippen MR) is 198 cm³/mol. The average Bonchev–Trinajstić information content (AvgIpc) is 3.58. The van der Waals surface area contributed by atoms with Gasteiger partial charge < -0.3 is 30.7 Å². The van der Waals surface area contributed by atoms with Gasteiger partial charge in [-0.2, -0.15) is 13.2 Å². The summed E-state index contributed by atoms with van der Waals surface area (Å²) in [7, 11) is 3.55. The Bertz CT molecular complexity index is 1590. The molecule has 0 saturated heterocycles. The van der Waals surface area contributed by atoms with Gasteiger partial charge in [0.05, 0.1) is 11.5 Å². The Kier molecular flexibility index (Phi) is 17.4. The van der Waals surface area contributed by atoms with E-state index in [0.717, 1.165) is 56.4 Å². The second-order valence-corrected chi connectivity index (χ2v) is 15.4. The van der Waals surface area contributed by atoms with Crippen LogP contribution in [0.3, 0.4) is 0 Å². The molecule has 18 heteroatoms. The van der Waals surface area contributed by atoms with Crippen molar-refractivity contribution in [3.63, 3.8) is 0 Å². The molecule has 306 valence electrons. The molecule has 0 spiro atoms. The number of hydrogen-bond acceptors (Lipinski definition) is 11. The number of ether oxygens (including phenoxy) is 1. The van der Waals surface area contributed by atoms with E-state index in [4.69, 9.17) is 4.74 Å². The molecule has 1 fully saturated rings. The Balaban J connectivity index is 1.77. The standard InChI is InChI=1S/C37H54F3N7O7S/c1-21(2)28(47(6)35(51)32(24-11-10-12-24)46-31(49)13-8-7-9-14-41-5)17-29(54-23(4)48)34-45-27(20-55-34)33(50)44-26(15-22(3)36(52)53)16-30-42-18-25(19-43-30)37(38,39)40/h18-22,24,26,28-29,32,41H,7-17H2,1-6H3,(H,44,50)(H,46,49)(H,52,53)/t22-,26+,28+,29+,32-/m0/s1. The van der Waals surface area contributed by atoms with Crippen molar-refractivity contribution in [2.45, 2.75) is 122 Å². The smallest absolute Gasteiger partial charge is 0.419 e. The van der Waals surface area contributed by atoms with Crippen molar-refractivity contribution >= 4 is 41.0 Å². The number of carbonyl (C=O) groups is 5. The van der Waals surface area contributed by atoms with Gasteiger partial charge in [-0.05, 0) is 57.5 Å². The number of unbranched alkanes of at least 4 members (excludes halogenated alkanes) is 2. The fraction of sp³-hybridized carbons (Fsp3) is 0.676. The van der Waals surface area contributed by atoms with E-state index in [0.29, 0.717) is 18.8 Å². The summed E-state index contributed by atoms with van der Waals surface area (Å²) in [6, 6.07) is -2.02. The molecule has 1 aliphatic carbocycles. The van der Waals surface area contributed by atoms with Crippen molar-refractivity contribution in [1.29, 1.82) is 0 Å². The van der Waals surface area contributed by atoms with E-state index in [9.17, 15) is 42.3 Å². The van der Waals surface area contributed by atoms with E-state index in [1.54, 1.807) is 11.9 Å². The molecule has 0 aromatic carbocycles. The van der Waals surface area contributed by atoms with E-state index in [-0.39, 0.29) is 59.4 Å². The van der Waals surface area contributed by atoms with Crippen molar-refractivity contribution < 1.29 is 47.0 Å². The third-order valence-electron chi connectivity index (χ3n) is 9.80. The highest BCUT2D eigenvalue weighted by atomic mass is 32.1. The molecule has 0 unspecified atom stereocenters. The first-order valence-corrected chi connectivity index (χ1v) is 19.5. The van der Waals surface area contributed by atoms with Crippen molar-refractivity contribution in [1.82, 2.24) is 35.8 Å². The summed E-state index contributed by atoms with van der Waals surface area (Å²) in [6.07, 6.45) is 1.11. The van der Waals surface area contributed by atoms with Crippen LogP contribution in [0.4, 0.5) is 13.2 Å². The number of aromatic nitrogens is 3. The number of nitrogens with one attached hydrogen (secondary N) is 3. The zero-order valence-corrected chi connectivity index (χ0v) is 33.1. The molecule has 0 bridgehead atoms. The first kappa shape index (κ1) is 45.2. The Morgan fingerprint density at radius 3 is 2.25 bits per heavy atom. The molecule has 14 nitrogen and oxygen atoms in total. The molecular weight excluding hydrogens is 744 g/mol. The van der Waals surface area contributed by atoms with E-state index in [2.05, 4.69) is 30.9 Å². The van der Waals surface area contributed by atoms with E-state index < -0.39 is 59.7 Å². The van der Waals surface area contributed by atoms with Crippen LogP contribution in [-0.2, 0) is 36.5 Å². The van der Waals surface area contributed by atoms with Crippen LogP contribution in [0.15, 0.2) is 17.8 Å². The molecule has 2 heterocycles. The number of hydrogen-bond donors (Lipinski definition) is 4. The highest BCUT2D eigenvalue weighted by Gasteiger charge is 2.39. The summed E-state index contributed by atoms with van der Waals surface area (Å²) in [4.78, 5) is 77.9. The molecule has 1 saturated carbocycles. The minimum atomic E-state index is -4.64. The number of nitrogens with zero attached hydrogens (tertiary/aromatic N) is 4. The summed E-state index contributed by atoms with van der Waals surface area (Å²) in [5, 5.41) is 20.0. The summed E-state index contributed by atoms with van der Waals surface area (Å²) in [5.74, 6) is -3.84. The quantitative estimate of drug-likeness (QED) is 0.0932. The maximum atomic E-state index is 14.1. The minimum absolute atomic E-state index is 0.0217. The summed E-state index contributed by atoms with van der Waals surface area (Å²) in [5.41, 5.74) is -1.10. The molecule has 5 atom stereocenters. The largest absolute Gasteiger partial charge is 0.481 e. The number of carbonyl (C=O) groups excluding carboxylic acids is 4. The number of esters is 1. The SMILES string of the molecule is CNCCCCCC(=O)N[C@H](C(=O)N(C)[C@H](C[C@@H](OC(C)=O)c1nc(C(=O)N[C@@H](Cc2ncc(C(F)(F)F)cn2)C[C@H](C)C(=O)O)cs1)C(C)C)C1CCC1. The predicted octanol–water partition coefficient (Wildman–Crippen LogP) is 4.95. The highest BCUT2D eigenvalue weighted by Crippen LogP contribution is 2.34. The lowest BCUT2D eigenvalue weighted by Gasteiger charge is -2.39. The van der Waals surface area contributed by atoms with Crippen molar-refractivity contribution in [3.05, 3.63) is 39.9 Å². The number of halogens is 3. The van der Waals surface area contributed by atoms with Crippen molar-refractivity contribution in [2.24, 2.45) is 17.8 Å². The van der Waals surface area contributed by atoms with Gasteiger partial charge >= 0.3 is 18.1 Å². The summed E-state index contributed by atoms with van der Waals surface area (Å²) in [6.45, 7) is 7.41. The summed E-state index contributed by atoms with van der Waals surface area (Å²) >= 11 is 1.06. The van der Waals surface area contributed by atoms with Crippen LogP contribution in [0.25, 0.3) is 0 Å². The maximum Gasteiger partial charge on any atom is 0.419 e. The fourth-order valence-corrected chi connectivity index (χ4v) is 7.23. The van der Waals surface area contributed by atoms with E-state index in [1.165, 1.54) is 19.2 Å². The number of carboxylic acids is 1. The van der Waals surface area contributed by atoms with Gasteiger partial charge in [0.25, 0.3) is 5.91 Å². The second kappa shape index (κ2) is 21.2. The van der Waals surface area contributed by atoms with Crippen molar-refractivity contribution in [2.75, 3.05) is 20.6 Å². The molecule has 0 radical (unpaired) electrons. The second-order valence-electron chi connectivity index (χ2n) is 14.6. The van der Waals surface area contributed by atoms with Gasteiger partial charge in [-0.3, -0.25) is 24.0 Å². The maximum absolute atomic E-state index is 14.1. The lowest BCUT2D eigenvalue weighted by Crippen LogP contribution is -2.56. The molecular formula is C37H54F3N7O7S. The zero-order valence-electron chi connectivity index (χ0n) is 32.3. The molecule has 3 rings (SSSR count). The fourth-order valence-electron chi connectivity index (χ4n) is 6.39. The molecule has 4 N–H and O–H groups in total. The van der Waals surface area contributed by atoms with Gasteiger partial charge in [-0.15, -0.1) is 11.3 Å². The summed E-state index contributed by atoms with van der Waals surface area (Å²) < 4.78 is 44.8. The number of thiazole rings is 1. The molecule has 2 aromatic rings. The molecule has 55 heavy (non-hydrogen) atoms. The van der Waals surface area contributed by atoms with Gasteiger partial charge in [0.2, 0.25) is 11.8 Å². The van der Waals surface area contributed by atoms with Gasteiger partial charge in [-0.1, -0.05) is 33.6 Å². The third-order valence-corrected chi connectivity index (χ3v) is 10.7. The number of carboxylic acid groups (broad SMARTS) is 1. The van der Waals surface area contributed by atoms with Crippen LogP contribution in [0.2, 0.25) is 0 Å². The highest BCUT2D eigenvalue weighted by molar-refractivity contribution is 7.09. The first-order valence-electron chi connectivity index (χ1n) is 18.7. The van der Waals surface area contributed by atoms with Gasteiger partial charge in [-0.25, -0.2) is 15.0 Å². The molecule has 3 amide bonds. The third kappa shape index (κ3) is 14.1. The van der Waals surface area contributed by atoms with Crippen LogP contribution in [-0.4, -0.2) is 93.4 Å². The molecule has 0 aliphatic heterocycles. The molecule has 1 aliphatic rings. The van der Waals surface area contributed by atoms with E-state index >= 15 is 0 Å². The Morgan fingerprint density at radius 2 is 1.71 bits per heavy atom. The number of alkyl halides is 3. The Labute approximate surface area is 323 Å². The van der Waals surface area contributed by atoms with Crippen LogP contribution in [0.1, 0.15) is 118 Å². The minimum Gasteiger partial charge on any atom is -0.481 e. The van der Waals surface area contributed by atoms with Gasteiger partial charge in [0.1, 0.15) is 22.6 Å². The van der Waals surface area contributed by atoms with Crippen LogP contribution in [0.5, 0.6) is 0 Å². The number of rotatable bonds is 22. The molecule has 2 aromatic heterocycles. The lowest BCUT2D eigenvalue weighted by molar-refractivity contribution is -0.149. The average molecular weight is 798 g/mol. The Morgan fingerprint density at radius 1 is 1.04 bits per heavy atom. The van der Waals surface area contributed by atoms with Gasteiger partial charge in [0, 0.05) is 63.1 Å². The van der Waals surface area contributed by atoms with Crippen LogP contribution < -0.4 is 16.0 Å². The first-order chi connectivity index (χ1) is 25.9. The van der Waals surface area contributed by atoms with Crippen LogP contribution in [0, 0.1) is 17.8 Å². The van der Waals surface area contributed by atoms with Crippen LogP contribution >= 0.6 is 11.3 Å². The zero-order chi connectivity index (χ0) is 40.9. The van der Waals surface area contributed by atoms with E-state index in [1.807, 2.05) is 20.9 Å². The number of aliphatic carboxylic acids is 1. The monoisotopic (exact) mass is 797 g/mol. The van der Waals surface area contributed by atoms with Crippen molar-refractivity contribution in [3.8, 4) is 0 Å².